The number of halogens is 1. The van der Waals surface area contributed by atoms with Crippen molar-refractivity contribution >= 4 is 11.7 Å². The lowest BCUT2D eigenvalue weighted by Crippen LogP contribution is -2.27. The van der Waals surface area contributed by atoms with Crippen LogP contribution in [0.1, 0.15) is 35.9 Å². The minimum Gasteiger partial charge on any atom is -0.354 e. The van der Waals surface area contributed by atoms with Gasteiger partial charge < -0.3 is 9.88 Å². The summed E-state index contributed by atoms with van der Waals surface area (Å²) in [6.45, 7) is 3.17. The Morgan fingerprint density at radius 1 is 1.22 bits per heavy atom. The van der Waals surface area contributed by atoms with E-state index in [1.807, 2.05) is 17.7 Å². The number of hydrogen-bond donors (Lipinski definition) is 1. The van der Waals surface area contributed by atoms with Gasteiger partial charge in [0, 0.05) is 50.3 Å². The molecule has 23 heavy (non-hydrogen) atoms. The Hall–Kier alpha value is -2.50. The van der Waals surface area contributed by atoms with Crippen LogP contribution in [-0.2, 0) is 17.8 Å². The summed E-state index contributed by atoms with van der Waals surface area (Å²) in [5.41, 5.74) is 0.421. The number of benzene rings is 1. The van der Waals surface area contributed by atoms with Gasteiger partial charge in [0.05, 0.1) is 0 Å². The average Bonchev–Trinajstić information content (AvgIpc) is 3.01. The van der Waals surface area contributed by atoms with Gasteiger partial charge in [0.1, 0.15) is 11.6 Å². The Bertz CT molecular complexity index is 665. The topological polar surface area (TPSA) is 64.0 Å². The second kappa shape index (κ2) is 8.22. The molecule has 0 unspecified atom stereocenters. The first-order chi connectivity index (χ1) is 11.1. The largest absolute Gasteiger partial charge is 0.354 e. The van der Waals surface area contributed by atoms with Crippen molar-refractivity contribution in [2.24, 2.45) is 0 Å². The maximum atomic E-state index is 12.8. The average molecular weight is 317 g/mol. The third kappa shape index (κ3) is 5.02. The molecule has 122 valence electrons. The molecule has 1 heterocycles. The van der Waals surface area contributed by atoms with Gasteiger partial charge in [0.2, 0.25) is 5.91 Å². The minimum absolute atomic E-state index is 0.114. The maximum absolute atomic E-state index is 12.8. The first-order valence-electron chi connectivity index (χ1n) is 7.65. The Kier molecular flexibility index (Phi) is 6.02. The zero-order valence-electron chi connectivity index (χ0n) is 13.1. The number of aromatic nitrogens is 2. The second-order valence-electron chi connectivity index (χ2n) is 5.17. The number of ketones is 1. The van der Waals surface area contributed by atoms with Crippen molar-refractivity contribution in [1.29, 1.82) is 0 Å². The first-order valence-corrected chi connectivity index (χ1v) is 7.65. The van der Waals surface area contributed by atoms with Gasteiger partial charge in [-0.1, -0.05) is 6.92 Å². The smallest absolute Gasteiger partial charge is 0.220 e. The Morgan fingerprint density at radius 2 is 1.96 bits per heavy atom. The fraction of sp³-hybridized carbons (Fsp3) is 0.353. The molecule has 1 amide bonds. The molecule has 1 aromatic carbocycles. The van der Waals surface area contributed by atoms with Crippen LogP contribution >= 0.6 is 0 Å². The summed E-state index contributed by atoms with van der Waals surface area (Å²) in [5, 5.41) is 2.79. The molecule has 0 aliphatic rings. The van der Waals surface area contributed by atoms with E-state index in [1.165, 1.54) is 24.3 Å². The van der Waals surface area contributed by atoms with Gasteiger partial charge >= 0.3 is 0 Å². The Balaban J connectivity index is 1.70. The highest BCUT2D eigenvalue weighted by molar-refractivity contribution is 5.97. The molecular weight excluding hydrogens is 297 g/mol. The Labute approximate surface area is 134 Å². The van der Waals surface area contributed by atoms with Crippen molar-refractivity contribution in [2.75, 3.05) is 6.54 Å². The molecule has 0 bridgehead atoms. The van der Waals surface area contributed by atoms with Crippen molar-refractivity contribution in [3.05, 3.63) is 53.9 Å². The molecule has 0 aliphatic carbocycles. The van der Waals surface area contributed by atoms with Crippen LogP contribution in [0.4, 0.5) is 4.39 Å². The van der Waals surface area contributed by atoms with E-state index in [1.54, 1.807) is 6.20 Å². The molecule has 0 saturated heterocycles. The normalized spacial score (nSPS) is 10.5. The SMILES string of the molecule is CCc1nccn1CCNC(=O)CCC(=O)c1ccc(F)cc1. The lowest BCUT2D eigenvalue weighted by atomic mass is 10.1. The molecule has 5 nitrogen and oxygen atoms in total. The van der Waals surface area contributed by atoms with Gasteiger partial charge in [0.15, 0.2) is 5.78 Å². The number of aryl methyl sites for hydroxylation is 1. The molecule has 0 saturated carbocycles. The molecular formula is C17H20FN3O2. The lowest BCUT2D eigenvalue weighted by molar-refractivity contribution is -0.121. The summed E-state index contributed by atoms with van der Waals surface area (Å²) in [7, 11) is 0. The number of amides is 1. The molecule has 0 radical (unpaired) electrons. The molecule has 6 heteroatoms. The molecule has 1 aromatic heterocycles. The highest BCUT2D eigenvalue weighted by atomic mass is 19.1. The molecule has 2 rings (SSSR count). The maximum Gasteiger partial charge on any atom is 0.220 e. The number of nitrogens with zero attached hydrogens (tertiary/aromatic N) is 2. The summed E-state index contributed by atoms with van der Waals surface area (Å²) in [6, 6.07) is 5.34. The van der Waals surface area contributed by atoms with Crippen molar-refractivity contribution in [3.63, 3.8) is 0 Å². The molecule has 0 atom stereocenters. The number of rotatable bonds is 8. The van der Waals surface area contributed by atoms with Gasteiger partial charge in [-0.25, -0.2) is 9.37 Å². The number of nitrogens with one attached hydrogen (secondary N) is 1. The van der Waals surface area contributed by atoms with Gasteiger partial charge in [-0.3, -0.25) is 9.59 Å². The summed E-state index contributed by atoms with van der Waals surface area (Å²) < 4.78 is 14.8. The standard InChI is InChI=1S/C17H20FN3O2/c1-2-16-19-9-11-21(16)12-10-20-17(23)8-7-15(22)13-3-5-14(18)6-4-13/h3-6,9,11H,2,7-8,10,12H2,1H3,(H,20,23). The van der Waals surface area contributed by atoms with Crippen LogP contribution in [-0.4, -0.2) is 27.8 Å². The van der Waals surface area contributed by atoms with E-state index in [0.29, 0.717) is 18.7 Å². The van der Waals surface area contributed by atoms with E-state index in [0.717, 1.165) is 12.2 Å². The van der Waals surface area contributed by atoms with Gasteiger partial charge in [-0.15, -0.1) is 0 Å². The van der Waals surface area contributed by atoms with Gasteiger partial charge in [-0.05, 0) is 24.3 Å². The van der Waals surface area contributed by atoms with Crippen LogP contribution in [0.2, 0.25) is 0 Å². The number of carbonyl (C=O) groups is 2. The van der Waals surface area contributed by atoms with Gasteiger partial charge in [0.25, 0.3) is 0 Å². The van der Waals surface area contributed by atoms with Gasteiger partial charge in [-0.2, -0.15) is 0 Å². The summed E-state index contributed by atoms with van der Waals surface area (Å²) in [5.74, 6) is 0.262. The van der Waals surface area contributed by atoms with E-state index < -0.39 is 0 Å². The van der Waals surface area contributed by atoms with E-state index in [9.17, 15) is 14.0 Å². The van der Waals surface area contributed by atoms with E-state index in [4.69, 9.17) is 0 Å². The van der Waals surface area contributed by atoms with Crippen LogP contribution in [0.15, 0.2) is 36.7 Å². The second-order valence-corrected chi connectivity index (χ2v) is 5.17. The molecule has 0 fully saturated rings. The number of imidazole rings is 1. The quantitative estimate of drug-likeness (QED) is 0.760. The zero-order valence-corrected chi connectivity index (χ0v) is 13.1. The van der Waals surface area contributed by atoms with Crippen LogP contribution in [0, 0.1) is 5.82 Å². The highest BCUT2D eigenvalue weighted by Crippen LogP contribution is 2.07. The number of Topliss-reactive ketones (excluding diaryl/α,β-unsaturated/α-hetero) is 1. The third-order valence-electron chi connectivity index (χ3n) is 3.54. The fourth-order valence-corrected chi connectivity index (χ4v) is 2.27. The monoisotopic (exact) mass is 317 g/mol. The van der Waals surface area contributed by atoms with E-state index in [-0.39, 0.29) is 30.3 Å². The summed E-state index contributed by atoms with van der Waals surface area (Å²) in [6.07, 6.45) is 4.70. The highest BCUT2D eigenvalue weighted by Gasteiger charge is 2.09. The third-order valence-corrected chi connectivity index (χ3v) is 3.54. The molecule has 1 N–H and O–H groups in total. The number of carbonyl (C=O) groups excluding carboxylic acids is 2. The lowest BCUT2D eigenvalue weighted by Gasteiger charge is -2.08. The molecule has 2 aromatic rings. The van der Waals surface area contributed by atoms with Crippen LogP contribution in [0.3, 0.4) is 0 Å². The summed E-state index contributed by atoms with van der Waals surface area (Å²) in [4.78, 5) is 27.9. The van der Waals surface area contributed by atoms with Crippen LogP contribution < -0.4 is 5.32 Å². The molecule has 0 aliphatic heterocycles. The van der Waals surface area contributed by atoms with E-state index >= 15 is 0 Å². The Morgan fingerprint density at radius 3 is 2.65 bits per heavy atom. The predicted octanol–water partition coefficient (Wildman–Crippen LogP) is 2.36. The van der Waals surface area contributed by atoms with Crippen molar-refractivity contribution in [1.82, 2.24) is 14.9 Å². The first kappa shape index (κ1) is 16.9. The van der Waals surface area contributed by atoms with Crippen molar-refractivity contribution < 1.29 is 14.0 Å². The van der Waals surface area contributed by atoms with Crippen LogP contribution in [0.5, 0.6) is 0 Å². The van der Waals surface area contributed by atoms with Crippen molar-refractivity contribution in [2.45, 2.75) is 32.7 Å². The fourth-order valence-electron chi connectivity index (χ4n) is 2.27. The van der Waals surface area contributed by atoms with Crippen molar-refractivity contribution in [3.8, 4) is 0 Å². The summed E-state index contributed by atoms with van der Waals surface area (Å²) >= 11 is 0. The predicted molar refractivity (Wildman–Crippen MR) is 84.6 cm³/mol. The van der Waals surface area contributed by atoms with Crippen LogP contribution in [0.25, 0.3) is 0 Å². The minimum atomic E-state index is -0.384. The number of hydrogen-bond acceptors (Lipinski definition) is 3. The molecule has 0 spiro atoms. The van der Waals surface area contributed by atoms with E-state index in [2.05, 4.69) is 10.3 Å². The zero-order chi connectivity index (χ0) is 16.7.